The molecule has 0 aliphatic rings. The normalized spacial score (nSPS) is 11.1. The van der Waals surface area contributed by atoms with Crippen LogP contribution in [0.4, 0.5) is 0 Å². The minimum absolute atomic E-state index is 1.21. The van der Waals surface area contributed by atoms with Crippen molar-refractivity contribution in [3.05, 3.63) is 146 Å². The summed E-state index contributed by atoms with van der Waals surface area (Å²) in [5.74, 6) is 0. The summed E-state index contributed by atoms with van der Waals surface area (Å²) in [6.07, 6.45) is 0. The Kier molecular flexibility index (Phi) is 5.80. The smallest absolute Gasteiger partial charge is 0.0464 e. The molecule has 0 saturated carbocycles. The van der Waals surface area contributed by atoms with Crippen LogP contribution in [0.3, 0.4) is 0 Å². The molecule has 6 aromatic carbocycles. The summed E-state index contributed by atoms with van der Waals surface area (Å²) in [7, 11) is 0. The van der Waals surface area contributed by atoms with Gasteiger partial charge in [-0.2, -0.15) is 0 Å². The van der Waals surface area contributed by atoms with Crippen molar-refractivity contribution < 1.29 is 0 Å². The predicted octanol–water partition coefficient (Wildman–Crippen LogP) is 9.96. The Balaban J connectivity index is 0.0000000974. The zero-order chi connectivity index (χ0) is 26.0. The van der Waals surface area contributed by atoms with Crippen molar-refractivity contribution in [2.45, 2.75) is 0 Å². The van der Waals surface area contributed by atoms with Crippen LogP contribution in [0.15, 0.2) is 146 Å². The first kappa shape index (κ1) is 22.9. The number of hydrogen-bond acceptors (Lipinski definition) is 0. The molecule has 3 nitrogen and oxygen atoms in total. The largest absolute Gasteiger partial charge is 0.355 e. The fourth-order valence-electron chi connectivity index (χ4n) is 5.40. The summed E-state index contributed by atoms with van der Waals surface area (Å²) < 4.78 is 0. The topological polar surface area (TPSA) is 47.4 Å². The van der Waals surface area contributed by atoms with Crippen LogP contribution in [0.2, 0.25) is 0 Å². The summed E-state index contributed by atoms with van der Waals surface area (Å²) in [4.78, 5) is 10.1. The third kappa shape index (κ3) is 4.30. The second-order valence-corrected chi connectivity index (χ2v) is 9.65. The SMILES string of the molecule is c1ccc2c(c1)[nH]c1ccccc12.c1ccc2c(c1)[nH]c1ccccc12.c1ccc2c(c1)[nH]c1ccccc12. The third-order valence-electron chi connectivity index (χ3n) is 7.24. The quantitative estimate of drug-likeness (QED) is 0.185. The highest BCUT2D eigenvalue weighted by Gasteiger charge is 2.02. The summed E-state index contributed by atoms with van der Waals surface area (Å²) in [5.41, 5.74) is 7.27. The zero-order valence-electron chi connectivity index (χ0n) is 21.4. The van der Waals surface area contributed by atoms with Crippen LogP contribution in [0.25, 0.3) is 65.4 Å². The number of aromatic nitrogens is 3. The Hall–Kier alpha value is -5.28. The predicted molar refractivity (Wildman–Crippen MR) is 167 cm³/mol. The molecule has 3 N–H and O–H groups in total. The number of hydrogen-bond donors (Lipinski definition) is 3. The number of nitrogens with one attached hydrogen (secondary N) is 3. The molecular formula is C36H27N3. The van der Waals surface area contributed by atoms with Crippen LogP contribution >= 0.6 is 0 Å². The summed E-state index contributed by atoms with van der Waals surface area (Å²) >= 11 is 0. The molecule has 0 radical (unpaired) electrons. The molecule has 39 heavy (non-hydrogen) atoms. The van der Waals surface area contributed by atoms with Crippen molar-refractivity contribution >= 4 is 65.4 Å². The van der Waals surface area contributed by atoms with Crippen LogP contribution in [-0.2, 0) is 0 Å². The number of para-hydroxylation sites is 6. The molecule has 186 valence electrons. The molecule has 0 spiro atoms. The van der Waals surface area contributed by atoms with Crippen molar-refractivity contribution in [1.29, 1.82) is 0 Å². The monoisotopic (exact) mass is 501 g/mol. The number of fused-ring (bicyclic) bond motifs is 9. The van der Waals surface area contributed by atoms with Crippen LogP contribution in [0.5, 0.6) is 0 Å². The van der Waals surface area contributed by atoms with E-state index in [1.807, 2.05) is 0 Å². The van der Waals surface area contributed by atoms with E-state index in [0.717, 1.165) is 0 Å². The molecule has 0 atom stereocenters. The zero-order valence-corrected chi connectivity index (χ0v) is 21.4. The Morgan fingerprint density at radius 3 is 0.538 bits per heavy atom. The molecule has 3 heterocycles. The number of benzene rings is 6. The fraction of sp³-hybridized carbons (Fsp3) is 0. The van der Waals surface area contributed by atoms with Crippen LogP contribution in [0.1, 0.15) is 0 Å². The third-order valence-corrected chi connectivity index (χ3v) is 7.24. The highest BCUT2D eigenvalue weighted by molar-refractivity contribution is 6.08. The van der Waals surface area contributed by atoms with Gasteiger partial charge in [-0.05, 0) is 36.4 Å². The minimum atomic E-state index is 1.21. The maximum atomic E-state index is 3.38. The molecule has 0 bridgehead atoms. The van der Waals surface area contributed by atoms with Crippen molar-refractivity contribution in [1.82, 2.24) is 15.0 Å². The van der Waals surface area contributed by atoms with Crippen molar-refractivity contribution in [3.63, 3.8) is 0 Å². The lowest BCUT2D eigenvalue weighted by Crippen LogP contribution is -1.62. The Labute approximate surface area is 225 Å². The van der Waals surface area contributed by atoms with Gasteiger partial charge in [0.15, 0.2) is 0 Å². The minimum Gasteiger partial charge on any atom is -0.355 e. The van der Waals surface area contributed by atoms with Crippen molar-refractivity contribution in [2.75, 3.05) is 0 Å². The first-order chi connectivity index (χ1) is 19.3. The number of rotatable bonds is 0. The van der Waals surface area contributed by atoms with E-state index in [1.165, 1.54) is 65.4 Å². The van der Waals surface area contributed by atoms with Gasteiger partial charge in [-0.15, -0.1) is 0 Å². The Bertz CT molecular complexity index is 1790. The lowest BCUT2D eigenvalue weighted by Gasteiger charge is -1.87. The second-order valence-electron chi connectivity index (χ2n) is 9.65. The van der Waals surface area contributed by atoms with Gasteiger partial charge in [0.2, 0.25) is 0 Å². The van der Waals surface area contributed by atoms with Crippen LogP contribution in [0, 0.1) is 0 Å². The van der Waals surface area contributed by atoms with Gasteiger partial charge >= 0.3 is 0 Å². The molecule has 0 saturated heterocycles. The summed E-state index contributed by atoms with van der Waals surface area (Å²) in [5, 5.41) is 7.82. The van der Waals surface area contributed by atoms with E-state index in [2.05, 4.69) is 161 Å². The summed E-state index contributed by atoms with van der Waals surface area (Å²) in [6, 6.07) is 50.3. The van der Waals surface area contributed by atoms with Gasteiger partial charge in [0.25, 0.3) is 0 Å². The molecule has 0 aliphatic heterocycles. The Morgan fingerprint density at radius 2 is 0.359 bits per heavy atom. The molecule has 0 fully saturated rings. The standard InChI is InChI=1S/3C12H9N/c3*1-3-7-11-9(5-1)10-6-2-4-8-12(10)13-11/h3*1-8,13H. The van der Waals surface area contributed by atoms with E-state index < -0.39 is 0 Å². The molecule has 9 aromatic rings. The lowest BCUT2D eigenvalue weighted by molar-refractivity contribution is 1.55. The fourth-order valence-corrected chi connectivity index (χ4v) is 5.40. The van der Waals surface area contributed by atoms with Gasteiger partial charge in [-0.25, -0.2) is 0 Å². The van der Waals surface area contributed by atoms with E-state index in [1.54, 1.807) is 0 Å². The highest BCUT2D eigenvalue weighted by atomic mass is 14.7. The van der Waals surface area contributed by atoms with E-state index in [0.29, 0.717) is 0 Å². The second kappa shape index (κ2) is 9.88. The van der Waals surface area contributed by atoms with Crippen molar-refractivity contribution in [2.24, 2.45) is 0 Å². The van der Waals surface area contributed by atoms with E-state index in [9.17, 15) is 0 Å². The van der Waals surface area contributed by atoms with E-state index in [-0.39, 0.29) is 0 Å². The molecule has 3 heteroatoms. The molecule has 0 aliphatic carbocycles. The van der Waals surface area contributed by atoms with Crippen LogP contribution < -0.4 is 0 Å². The highest BCUT2D eigenvalue weighted by Crippen LogP contribution is 2.26. The van der Waals surface area contributed by atoms with Gasteiger partial charge < -0.3 is 15.0 Å². The first-order valence-electron chi connectivity index (χ1n) is 13.2. The van der Waals surface area contributed by atoms with E-state index >= 15 is 0 Å². The molecule has 9 rings (SSSR count). The molecular weight excluding hydrogens is 474 g/mol. The van der Waals surface area contributed by atoms with Gasteiger partial charge in [0.05, 0.1) is 0 Å². The average Bonchev–Trinajstić information content (AvgIpc) is 3.69. The van der Waals surface area contributed by atoms with Gasteiger partial charge in [-0.1, -0.05) is 109 Å². The molecule has 0 amide bonds. The Morgan fingerprint density at radius 1 is 0.205 bits per heavy atom. The van der Waals surface area contributed by atoms with Gasteiger partial charge in [-0.3, -0.25) is 0 Å². The molecule has 0 unspecified atom stereocenters. The lowest BCUT2D eigenvalue weighted by atomic mass is 10.2. The summed E-state index contributed by atoms with van der Waals surface area (Å²) in [6.45, 7) is 0. The van der Waals surface area contributed by atoms with Crippen molar-refractivity contribution in [3.8, 4) is 0 Å². The van der Waals surface area contributed by atoms with Crippen LogP contribution in [-0.4, -0.2) is 15.0 Å². The number of H-pyrrole nitrogens is 3. The maximum absolute atomic E-state index is 3.38. The molecule has 3 aromatic heterocycles. The number of aromatic amines is 3. The average molecular weight is 502 g/mol. The maximum Gasteiger partial charge on any atom is 0.0464 e. The van der Waals surface area contributed by atoms with Gasteiger partial charge in [0, 0.05) is 65.4 Å². The van der Waals surface area contributed by atoms with Gasteiger partial charge in [0.1, 0.15) is 0 Å². The first-order valence-corrected chi connectivity index (χ1v) is 13.2. The van der Waals surface area contributed by atoms with E-state index in [4.69, 9.17) is 0 Å².